The Kier molecular flexibility index (Phi) is 37.8. The van der Waals surface area contributed by atoms with Crippen LogP contribution in [-0.4, -0.2) is 75.5 Å². The molecule has 0 aromatic heterocycles. The van der Waals surface area contributed by atoms with E-state index in [4.69, 9.17) is 14.2 Å². The van der Waals surface area contributed by atoms with Gasteiger partial charge in [0, 0.05) is 19.3 Å². The van der Waals surface area contributed by atoms with E-state index >= 15 is 0 Å². The molecule has 0 aliphatic carbocycles. The van der Waals surface area contributed by atoms with Gasteiger partial charge in [0.05, 0.1) is 40.3 Å². The van der Waals surface area contributed by atoms with Crippen molar-refractivity contribution in [3.05, 3.63) is 60.8 Å². The van der Waals surface area contributed by atoms with Crippen molar-refractivity contribution in [3.63, 3.8) is 0 Å². The van der Waals surface area contributed by atoms with Crippen molar-refractivity contribution in [2.24, 2.45) is 0 Å². The molecule has 0 amide bonds. The molecule has 2 atom stereocenters. The third-order valence-corrected chi connectivity index (χ3v) is 9.88. The van der Waals surface area contributed by atoms with Crippen molar-refractivity contribution >= 4 is 17.9 Å². The maximum absolute atomic E-state index is 12.7. The summed E-state index contributed by atoms with van der Waals surface area (Å²) in [5.41, 5.74) is 0. The SMILES string of the molecule is CCCC/C=C\C/C=C\CCCCCCCC(=O)OCC(COCCC(C(=O)[O-])[N+](C)(C)C)OC(=O)CCCCCCCC/C=C\C/C=C\C/C=C\CCCCC. The van der Waals surface area contributed by atoms with Crippen LogP contribution in [0.1, 0.15) is 181 Å². The molecule has 0 saturated heterocycles. The lowest BCUT2D eigenvalue weighted by molar-refractivity contribution is -0.889. The monoisotopic (exact) mass is 800 g/mol. The summed E-state index contributed by atoms with van der Waals surface area (Å²) in [5, 5.41) is 11.6. The molecule has 0 heterocycles. The molecule has 0 aliphatic rings. The molecular weight excluding hydrogens is 715 g/mol. The van der Waals surface area contributed by atoms with Crippen LogP contribution in [0.4, 0.5) is 0 Å². The fourth-order valence-corrected chi connectivity index (χ4v) is 6.27. The zero-order chi connectivity index (χ0) is 42.1. The number of carboxylic acid groups (broad SMARTS) is 1. The second-order valence-electron chi connectivity index (χ2n) is 16.3. The lowest BCUT2D eigenvalue weighted by Gasteiger charge is -2.34. The van der Waals surface area contributed by atoms with Gasteiger partial charge in [0.2, 0.25) is 0 Å². The van der Waals surface area contributed by atoms with Gasteiger partial charge >= 0.3 is 11.9 Å². The van der Waals surface area contributed by atoms with Crippen LogP contribution in [-0.2, 0) is 28.6 Å². The summed E-state index contributed by atoms with van der Waals surface area (Å²) in [6, 6.07) is -0.732. The van der Waals surface area contributed by atoms with Crippen molar-refractivity contribution in [1.82, 2.24) is 0 Å². The number of rotatable bonds is 40. The van der Waals surface area contributed by atoms with Crippen LogP contribution in [0.15, 0.2) is 60.8 Å². The smallest absolute Gasteiger partial charge is 0.306 e. The van der Waals surface area contributed by atoms with Gasteiger partial charge in [0.1, 0.15) is 12.6 Å². The number of allylic oxidation sites excluding steroid dienone is 10. The molecule has 8 nitrogen and oxygen atoms in total. The van der Waals surface area contributed by atoms with E-state index in [1.165, 1.54) is 57.8 Å². The average Bonchev–Trinajstić information content (AvgIpc) is 3.17. The first-order valence-corrected chi connectivity index (χ1v) is 22.8. The first-order valence-electron chi connectivity index (χ1n) is 22.8. The minimum absolute atomic E-state index is 0.0286. The third-order valence-electron chi connectivity index (χ3n) is 9.88. The van der Waals surface area contributed by atoms with Crippen molar-refractivity contribution in [2.75, 3.05) is 41.0 Å². The normalized spacial score (nSPS) is 13.5. The number of carbonyl (C=O) groups is 3. The van der Waals surface area contributed by atoms with Gasteiger partial charge in [-0.15, -0.1) is 0 Å². The lowest BCUT2D eigenvalue weighted by atomic mass is 10.1. The van der Waals surface area contributed by atoms with Gasteiger partial charge in [0.25, 0.3) is 0 Å². The quantitative estimate of drug-likeness (QED) is 0.0263. The molecule has 8 heteroatoms. The van der Waals surface area contributed by atoms with E-state index in [0.29, 0.717) is 12.8 Å². The van der Waals surface area contributed by atoms with E-state index in [1.807, 2.05) is 0 Å². The van der Waals surface area contributed by atoms with Crippen molar-refractivity contribution in [1.29, 1.82) is 0 Å². The van der Waals surface area contributed by atoms with Crippen LogP contribution < -0.4 is 5.11 Å². The Bertz CT molecular complexity index is 1120. The molecule has 0 aliphatic heterocycles. The van der Waals surface area contributed by atoms with Gasteiger partial charge in [-0.3, -0.25) is 9.59 Å². The Morgan fingerprint density at radius 3 is 1.42 bits per heavy atom. The Hall–Kier alpha value is -2.97. The second kappa shape index (κ2) is 39.8. The molecule has 0 fully saturated rings. The predicted molar refractivity (Wildman–Crippen MR) is 236 cm³/mol. The summed E-state index contributed by atoms with van der Waals surface area (Å²) in [6.07, 6.45) is 48.1. The molecular formula is C49H85NO7. The van der Waals surface area contributed by atoms with Crippen molar-refractivity contribution < 1.29 is 38.2 Å². The van der Waals surface area contributed by atoms with Crippen LogP contribution in [0.25, 0.3) is 0 Å². The first kappa shape index (κ1) is 54.0. The van der Waals surface area contributed by atoms with Gasteiger partial charge in [0.15, 0.2) is 6.10 Å². The first-order chi connectivity index (χ1) is 27.6. The largest absolute Gasteiger partial charge is 0.544 e. The van der Waals surface area contributed by atoms with E-state index in [0.717, 1.165) is 89.9 Å². The molecule has 0 bridgehead atoms. The van der Waals surface area contributed by atoms with E-state index < -0.39 is 18.1 Å². The standard InChI is InChI=1S/C49H85NO7/c1-6-8-10-12-14-16-18-20-22-23-24-25-26-28-30-32-34-36-38-40-48(52)57-45(43-55-42-41-46(49(53)54)50(3,4)5)44-56-47(51)39-37-35-33-31-29-27-21-19-17-15-13-11-9-7-2/h13-16,19-22,24-25,45-46H,6-12,17-18,23,26-44H2,1-5H3/b15-13-,16-14-,21-19-,22-20-,25-24-. The molecule has 0 aromatic carbocycles. The molecule has 0 N–H and O–H groups in total. The van der Waals surface area contributed by atoms with Crippen LogP contribution in [0.5, 0.6) is 0 Å². The summed E-state index contributed by atoms with van der Waals surface area (Å²) in [7, 11) is 5.39. The second-order valence-corrected chi connectivity index (χ2v) is 16.3. The zero-order valence-corrected chi connectivity index (χ0v) is 37.2. The van der Waals surface area contributed by atoms with Crippen LogP contribution in [0, 0.1) is 0 Å². The van der Waals surface area contributed by atoms with Gasteiger partial charge in [-0.2, -0.15) is 0 Å². The molecule has 0 radical (unpaired) electrons. The van der Waals surface area contributed by atoms with E-state index in [-0.39, 0.29) is 42.7 Å². The van der Waals surface area contributed by atoms with E-state index in [9.17, 15) is 19.5 Å². The minimum Gasteiger partial charge on any atom is -0.544 e. The van der Waals surface area contributed by atoms with E-state index in [1.54, 1.807) is 21.1 Å². The number of quaternary nitrogens is 1. The highest BCUT2D eigenvalue weighted by molar-refractivity contribution is 5.70. The van der Waals surface area contributed by atoms with Gasteiger partial charge < -0.3 is 28.6 Å². The summed E-state index contributed by atoms with van der Waals surface area (Å²) >= 11 is 0. The molecule has 0 rings (SSSR count). The summed E-state index contributed by atoms with van der Waals surface area (Å²) in [4.78, 5) is 36.9. The van der Waals surface area contributed by atoms with E-state index in [2.05, 4.69) is 74.6 Å². The molecule has 2 unspecified atom stereocenters. The minimum atomic E-state index is -1.13. The summed E-state index contributed by atoms with van der Waals surface area (Å²) < 4.78 is 17.2. The summed E-state index contributed by atoms with van der Waals surface area (Å²) in [5.74, 6) is -1.77. The Labute approximate surface area is 349 Å². The fraction of sp³-hybridized carbons (Fsp3) is 0.735. The van der Waals surface area contributed by atoms with Crippen LogP contribution >= 0.6 is 0 Å². The maximum atomic E-state index is 12.7. The van der Waals surface area contributed by atoms with Crippen LogP contribution in [0.3, 0.4) is 0 Å². The number of carbonyl (C=O) groups excluding carboxylic acids is 3. The number of esters is 2. The number of hydrogen-bond acceptors (Lipinski definition) is 7. The summed E-state index contributed by atoms with van der Waals surface area (Å²) in [6.45, 7) is 4.56. The highest BCUT2D eigenvalue weighted by atomic mass is 16.6. The third kappa shape index (κ3) is 38.3. The molecule has 0 spiro atoms. The van der Waals surface area contributed by atoms with Crippen molar-refractivity contribution in [3.8, 4) is 0 Å². The number of unbranched alkanes of at least 4 members (excludes halogenated alkanes) is 16. The highest BCUT2D eigenvalue weighted by Gasteiger charge is 2.25. The topological polar surface area (TPSA) is 102 Å². The zero-order valence-electron chi connectivity index (χ0n) is 37.2. The highest BCUT2D eigenvalue weighted by Crippen LogP contribution is 2.13. The lowest BCUT2D eigenvalue weighted by Crippen LogP contribution is -2.55. The number of hydrogen-bond donors (Lipinski definition) is 0. The van der Waals surface area contributed by atoms with Gasteiger partial charge in [-0.25, -0.2) is 0 Å². The van der Waals surface area contributed by atoms with Gasteiger partial charge in [-0.05, 0) is 77.0 Å². The number of aliphatic carboxylic acids is 1. The molecule has 57 heavy (non-hydrogen) atoms. The fourth-order valence-electron chi connectivity index (χ4n) is 6.27. The maximum Gasteiger partial charge on any atom is 0.306 e. The Balaban J connectivity index is 4.38. The number of ether oxygens (including phenoxy) is 3. The number of nitrogens with zero attached hydrogens (tertiary/aromatic N) is 1. The Morgan fingerprint density at radius 1 is 0.526 bits per heavy atom. The molecule has 0 aromatic rings. The molecule has 0 saturated carbocycles. The number of carboxylic acids is 1. The van der Waals surface area contributed by atoms with Gasteiger partial charge in [-0.1, -0.05) is 145 Å². The average molecular weight is 800 g/mol. The number of likely N-dealkylation sites (N-methyl/N-ethyl adjacent to an activating group) is 1. The Morgan fingerprint density at radius 2 is 0.947 bits per heavy atom. The van der Waals surface area contributed by atoms with Crippen molar-refractivity contribution in [2.45, 2.75) is 193 Å². The predicted octanol–water partition coefficient (Wildman–Crippen LogP) is 11.2. The molecule has 328 valence electrons. The van der Waals surface area contributed by atoms with Crippen LogP contribution in [0.2, 0.25) is 0 Å².